The third-order valence-electron chi connectivity index (χ3n) is 4.63. The van der Waals surface area contributed by atoms with Crippen molar-refractivity contribution in [2.75, 3.05) is 13.1 Å². The van der Waals surface area contributed by atoms with E-state index < -0.39 is 0 Å². The Kier molecular flexibility index (Phi) is 3.84. The average Bonchev–Trinajstić information content (AvgIpc) is 2.72. The number of hydrogen-bond donors (Lipinski definition) is 1. The molecule has 0 amide bonds. The maximum Gasteiger partial charge on any atom is 0.00324 e. The smallest absolute Gasteiger partial charge is 0.00324 e. The van der Waals surface area contributed by atoms with Crippen molar-refractivity contribution in [3.63, 3.8) is 0 Å². The highest BCUT2D eigenvalue weighted by Crippen LogP contribution is 2.48. The van der Waals surface area contributed by atoms with Crippen molar-refractivity contribution in [2.24, 2.45) is 5.41 Å². The zero-order valence-corrected chi connectivity index (χ0v) is 12.0. The van der Waals surface area contributed by atoms with Crippen LogP contribution in [0.15, 0.2) is 24.3 Å². The van der Waals surface area contributed by atoms with E-state index in [1.165, 1.54) is 24.9 Å². The van der Waals surface area contributed by atoms with Gasteiger partial charge in [-0.3, -0.25) is 0 Å². The van der Waals surface area contributed by atoms with Crippen LogP contribution in [0.5, 0.6) is 0 Å². The van der Waals surface area contributed by atoms with Crippen molar-refractivity contribution in [3.05, 3.63) is 41.0 Å². The summed E-state index contributed by atoms with van der Waals surface area (Å²) in [6.45, 7) is 6.89. The van der Waals surface area contributed by atoms with Crippen LogP contribution < -0.4 is 5.32 Å². The fraction of sp³-hybridized carbons (Fsp3) is 0.500. The van der Waals surface area contributed by atoms with Gasteiger partial charge in [-0.05, 0) is 41.9 Å². The van der Waals surface area contributed by atoms with E-state index in [1.807, 2.05) is 0 Å². The van der Waals surface area contributed by atoms with Gasteiger partial charge >= 0.3 is 0 Å². The molecule has 98 valence electrons. The molecule has 0 aromatic heterocycles. The van der Waals surface area contributed by atoms with E-state index >= 15 is 0 Å². The summed E-state index contributed by atoms with van der Waals surface area (Å²) in [5, 5.41) is 3.58. The van der Waals surface area contributed by atoms with E-state index in [0.29, 0.717) is 5.41 Å². The van der Waals surface area contributed by atoms with Gasteiger partial charge < -0.3 is 5.32 Å². The molecule has 1 fully saturated rings. The Labute approximate surface area is 116 Å². The van der Waals surface area contributed by atoms with Crippen molar-refractivity contribution in [2.45, 2.75) is 32.6 Å². The average molecular weight is 264 g/mol. The van der Waals surface area contributed by atoms with Gasteiger partial charge in [-0.1, -0.05) is 37.3 Å². The number of benzene rings is 1. The van der Waals surface area contributed by atoms with E-state index in [-0.39, 0.29) is 12.4 Å². The van der Waals surface area contributed by atoms with Gasteiger partial charge in [-0.2, -0.15) is 0 Å². The highest BCUT2D eigenvalue weighted by Gasteiger charge is 2.43. The van der Waals surface area contributed by atoms with Crippen LogP contribution >= 0.6 is 12.4 Å². The highest BCUT2D eigenvalue weighted by molar-refractivity contribution is 5.85. The van der Waals surface area contributed by atoms with Gasteiger partial charge in [0.25, 0.3) is 0 Å². The van der Waals surface area contributed by atoms with Crippen LogP contribution in [-0.2, 0) is 6.42 Å². The van der Waals surface area contributed by atoms with Crippen LogP contribution in [0.2, 0.25) is 0 Å². The molecular weight excluding hydrogens is 242 g/mol. The first kappa shape index (κ1) is 13.6. The molecule has 0 radical (unpaired) electrons. The molecule has 1 saturated heterocycles. The van der Waals surface area contributed by atoms with E-state index in [4.69, 9.17) is 0 Å². The molecule has 1 aromatic rings. The van der Waals surface area contributed by atoms with Gasteiger partial charge in [-0.15, -0.1) is 12.4 Å². The number of hydrogen-bond acceptors (Lipinski definition) is 1. The molecule has 2 atom stereocenters. The van der Waals surface area contributed by atoms with E-state index in [1.54, 1.807) is 11.1 Å². The topological polar surface area (TPSA) is 12.0 Å². The molecule has 1 aliphatic carbocycles. The summed E-state index contributed by atoms with van der Waals surface area (Å²) in [6, 6.07) is 6.82. The molecule has 2 unspecified atom stereocenters. The fourth-order valence-corrected chi connectivity index (χ4v) is 3.60. The minimum Gasteiger partial charge on any atom is -0.316 e. The van der Waals surface area contributed by atoms with Gasteiger partial charge in [-0.25, -0.2) is 0 Å². The molecule has 0 bridgehead atoms. The molecule has 0 spiro atoms. The Morgan fingerprint density at radius 3 is 3.00 bits per heavy atom. The Morgan fingerprint density at radius 1 is 1.39 bits per heavy atom. The quantitative estimate of drug-likeness (QED) is 0.813. The van der Waals surface area contributed by atoms with Gasteiger partial charge in [0.15, 0.2) is 0 Å². The van der Waals surface area contributed by atoms with Crippen LogP contribution in [0.3, 0.4) is 0 Å². The Morgan fingerprint density at radius 2 is 2.22 bits per heavy atom. The molecule has 3 rings (SSSR count). The Balaban J connectivity index is 0.00000120. The summed E-state index contributed by atoms with van der Waals surface area (Å²) in [6.07, 6.45) is 6.97. The first-order chi connectivity index (χ1) is 8.24. The molecular formula is C16H22ClN. The molecule has 1 aromatic carbocycles. The van der Waals surface area contributed by atoms with Crippen molar-refractivity contribution in [3.8, 4) is 0 Å². The predicted molar refractivity (Wildman–Crippen MR) is 80.4 cm³/mol. The second-order valence-electron chi connectivity index (χ2n) is 5.75. The van der Waals surface area contributed by atoms with Gasteiger partial charge in [0.2, 0.25) is 0 Å². The summed E-state index contributed by atoms with van der Waals surface area (Å²) >= 11 is 0. The monoisotopic (exact) mass is 263 g/mol. The molecule has 18 heavy (non-hydrogen) atoms. The number of rotatable bonds is 1. The van der Waals surface area contributed by atoms with Crippen molar-refractivity contribution in [1.82, 2.24) is 5.32 Å². The van der Waals surface area contributed by atoms with Gasteiger partial charge in [0, 0.05) is 19.0 Å². The second kappa shape index (κ2) is 5.07. The molecule has 2 aliphatic rings. The number of fused-ring (bicyclic) bond motifs is 3. The van der Waals surface area contributed by atoms with Crippen LogP contribution in [0, 0.1) is 5.41 Å². The highest BCUT2D eigenvalue weighted by atomic mass is 35.5. The van der Waals surface area contributed by atoms with Gasteiger partial charge in [0.05, 0.1) is 0 Å². The SMILES string of the molecule is C/C=C/c1cccc2c1CCC1(C)CNCC21.Cl. The minimum atomic E-state index is 0. The molecule has 2 heteroatoms. The molecule has 1 aliphatic heterocycles. The van der Waals surface area contributed by atoms with Crippen molar-refractivity contribution < 1.29 is 0 Å². The third kappa shape index (κ3) is 2.00. The zero-order valence-electron chi connectivity index (χ0n) is 11.2. The molecule has 1 heterocycles. The van der Waals surface area contributed by atoms with Crippen molar-refractivity contribution in [1.29, 1.82) is 0 Å². The van der Waals surface area contributed by atoms with Crippen LogP contribution in [0.25, 0.3) is 6.08 Å². The van der Waals surface area contributed by atoms with Crippen LogP contribution in [0.4, 0.5) is 0 Å². The summed E-state index contributed by atoms with van der Waals surface area (Å²) in [7, 11) is 0. The lowest BCUT2D eigenvalue weighted by Crippen LogP contribution is -2.30. The lowest BCUT2D eigenvalue weighted by molar-refractivity contribution is 0.277. The number of nitrogens with one attached hydrogen (secondary N) is 1. The molecule has 1 nitrogen and oxygen atoms in total. The summed E-state index contributed by atoms with van der Waals surface area (Å²) in [5.41, 5.74) is 5.11. The number of halogens is 1. The second-order valence-corrected chi connectivity index (χ2v) is 5.75. The third-order valence-corrected chi connectivity index (χ3v) is 4.63. The van der Waals surface area contributed by atoms with E-state index in [0.717, 1.165) is 12.5 Å². The fourth-order valence-electron chi connectivity index (χ4n) is 3.60. The van der Waals surface area contributed by atoms with E-state index in [9.17, 15) is 0 Å². The van der Waals surface area contributed by atoms with Crippen molar-refractivity contribution >= 4 is 18.5 Å². The summed E-state index contributed by atoms with van der Waals surface area (Å²) < 4.78 is 0. The standard InChI is InChI=1S/C16H21N.ClH/c1-3-5-12-6-4-7-14-13(12)8-9-16(2)11-17-10-15(14)16;/h3-7,15,17H,8-11H2,1-2H3;1H/b5-3+;. The van der Waals surface area contributed by atoms with E-state index in [2.05, 4.69) is 49.5 Å². The van der Waals surface area contributed by atoms with Crippen LogP contribution in [-0.4, -0.2) is 13.1 Å². The first-order valence-corrected chi connectivity index (χ1v) is 6.70. The summed E-state index contributed by atoms with van der Waals surface area (Å²) in [4.78, 5) is 0. The van der Waals surface area contributed by atoms with Crippen LogP contribution in [0.1, 0.15) is 42.9 Å². The van der Waals surface area contributed by atoms with Gasteiger partial charge in [0.1, 0.15) is 0 Å². The first-order valence-electron chi connectivity index (χ1n) is 6.70. The molecule has 1 N–H and O–H groups in total. The number of allylic oxidation sites excluding steroid dienone is 1. The zero-order chi connectivity index (χ0) is 11.9. The lowest BCUT2D eigenvalue weighted by atomic mass is 9.66. The normalized spacial score (nSPS) is 29.8. The lowest BCUT2D eigenvalue weighted by Gasteiger charge is -2.37. The largest absolute Gasteiger partial charge is 0.316 e. The predicted octanol–water partition coefficient (Wildman–Crippen LogP) is 3.78. The minimum absolute atomic E-state index is 0. The Hall–Kier alpha value is -0.790. The summed E-state index contributed by atoms with van der Waals surface area (Å²) in [5.74, 6) is 0.719. The molecule has 0 saturated carbocycles. The maximum absolute atomic E-state index is 3.58. The maximum atomic E-state index is 3.58. The Bertz CT molecular complexity index is 466.